The summed E-state index contributed by atoms with van der Waals surface area (Å²) in [4.78, 5) is 3.11. The zero-order valence-corrected chi connectivity index (χ0v) is 13.9. The van der Waals surface area contributed by atoms with E-state index in [0.29, 0.717) is 6.04 Å². The summed E-state index contributed by atoms with van der Waals surface area (Å²) in [6, 6.07) is 12.0. The van der Waals surface area contributed by atoms with Crippen LogP contribution in [0.1, 0.15) is 59.2 Å². The zero-order chi connectivity index (χ0) is 14.7. The van der Waals surface area contributed by atoms with Crippen LogP contribution in [-0.2, 0) is 19.3 Å². The number of benzene rings is 1. The summed E-state index contributed by atoms with van der Waals surface area (Å²) in [5.74, 6) is 0. The smallest absolute Gasteiger partial charge is 0.0671 e. The van der Waals surface area contributed by atoms with Crippen LogP contribution < -0.4 is 5.32 Å². The second kappa shape index (κ2) is 6.76. The fourth-order valence-electron chi connectivity index (χ4n) is 3.25. The van der Waals surface area contributed by atoms with Crippen LogP contribution in [0.25, 0.3) is 0 Å². The number of fused-ring (bicyclic) bond motifs is 1. The van der Waals surface area contributed by atoms with Crippen molar-refractivity contribution in [1.82, 2.24) is 5.32 Å². The highest BCUT2D eigenvalue weighted by Crippen LogP contribution is 2.36. The van der Waals surface area contributed by atoms with Gasteiger partial charge in [-0.2, -0.15) is 0 Å². The summed E-state index contributed by atoms with van der Waals surface area (Å²) in [6.07, 6.45) is 6.31. The average molecular weight is 299 g/mol. The Bertz CT molecular complexity index is 561. The molecule has 0 fully saturated rings. The molecule has 1 nitrogen and oxygen atoms in total. The van der Waals surface area contributed by atoms with Gasteiger partial charge in [0.05, 0.1) is 6.04 Å². The van der Waals surface area contributed by atoms with Crippen LogP contribution in [-0.4, -0.2) is 6.54 Å². The Hall–Kier alpha value is -1.12. The summed E-state index contributed by atoms with van der Waals surface area (Å²) >= 11 is 2.02. The first-order chi connectivity index (χ1) is 10.3. The van der Waals surface area contributed by atoms with E-state index in [-0.39, 0.29) is 0 Å². The molecule has 0 radical (unpaired) electrons. The van der Waals surface area contributed by atoms with Gasteiger partial charge in [0.25, 0.3) is 0 Å². The highest BCUT2D eigenvalue weighted by molar-refractivity contribution is 7.12. The molecular formula is C19H25NS. The van der Waals surface area contributed by atoms with Gasteiger partial charge in [0.1, 0.15) is 0 Å². The Kier molecular flexibility index (Phi) is 4.77. The van der Waals surface area contributed by atoms with Gasteiger partial charge in [-0.3, -0.25) is 0 Å². The lowest BCUT2D eigenvalue weighted by atomic mass is 10.0. The SMILES string of the molecule is CCCc1ccc(C(NCC)c2cc3c(s2)CCC3)cc1. The number of hydrogen-bond acceptors (Lipinski definition) is 2. The first kappa shape index (κ1) is 14.8. The van der Waals surface area contributed by atoms with Crippen molar-refractivity contribution in [3.63, 3.8) is 0 Å². The first-order valence-corrected chi connectivity index (χ1v) is 9.07. The fraction of sp³-hybridized carbons (Fsp3) is 0.474. The molecule has 2 heteroatoms. The molecule has 0 spiro atoms. The van der Waals surface area contributed by atoms with Gasteiger partial charge in [-0.05, 0) is 55.0 Å². The molecule has 1 aliphatic carbocycles. The second-order valence-electron chi connectivity index (χ2n) is 5.93. The minimum absolute atomic E-state index is 0.362. The third-order valence-electron chi connectivity index (χ3n) is 4.31. The van der Waals surface area contributed by atoms with E-state index in [1.54, 1.807) is 10.4 Å². The topological polar surface area (TPSA) is 12.0 Å². The summed E-state index contributed by atoms with van der Waals surface area (Å²) in [5.41, 5.74) is 4.45. The zero-order valence-electron chi connectivity index (χ0n) is 13.1. The molecule has 1 aliphatic rings. The number of aryl methyl sites for hydroxylation is 3. The van der Waals surface area contributed by atoms with Crippen LogP contribution in [0, 0.1) is 0 Å². The lowest BCUT2D eigenvalue weighted by molar-refractivity contribution is 0.639. The molecule has 1 aromatic carbocycles. The average Bonchev–Trinajstić information content (AvgIpc) is 3.07. The Morgan fingerprint density at radius 2 is 1.95 bits per heavy atom. The minimum Gasteiger partial charge on any atom is -0.306 e. The Balaban J connectivity index is 1.85. The van der Waals surface area contributed by atoms with Crippen molar-refractivity contribution in [2.45, 2.75) is 52.0 Å². The Morgan fingerprint density at radius 1 is 1.14 bits per heavy atom. The van der Waals surface area contributed by atoms with E-state index < -0.39 is 0 Å². The maximum atomic E-state index is 3.67. The molecular weight excluding hydrogens is 274 g/mol. The van der Waals surface area contributed by atoms with Crippen molar-refractivity contribution < 1.29 is 0 Å². The summed E-state index contributed by atoms with van der Waals surface area (Å²) in [6.45, 7) is 5.44. The number of nitrogens with one attached hydrogen (secondary N) is 1. The molecule has 1 unspecified atom stereocenters. The highest BCUT2D eigenvalue weighted by atomic mass is 32.1. The number of thiophene rings is 1. The van der Waals surface area contributed by atoms with E-state index >= 15 is 0 Å². The predicted molar refractivity (Wildman–Crippen MR) is 92.3 cm³/mol. The third-order valence-corrected chi connectivity index (χ3v) is 5.61. The lowest BCUT2D eigenvalue weighted by Gasteiger charge is -2.17. The van der Waals surface area contributed by atoms with Gasteiger partial charge in [0.15, 0.2) is 0 Å². The van der Waals surface area contributed by atoms with Gasteiger partial charge in [-0.25, -0.2) is 0 Å². The van der Waals surface area contributed by atoms with Gasteiger partial charge in [-0.1, -0.05) is 44.5 Å². The molecule has 0 saturated heterocycles. The maximum Gasteiger partial charge on any atom is 0.0671 e. The second-order valence-corrected chi connectivity index (χ2v) is 7.10. The van der Waals surface area contributed by atoms with Crippen molar-refractivity contribution in [3.05, 3.63) is 56.8 Å². The Labute approximate surface area is 132 Å². The molecule has 1 aromatic heterocycles. The molecule has 2 aromatic rings. The molecule has 0 amide bonds. The largest absolute Gasteiger partial charge is 0.306 e. The summed E-state index contributed by atoms with van der Waals surface area (Å²) in [5, 5.41) is 3.67. The van der Waals surface area contributed by atoms with E-state index in [4.69, 9.17) is 0 Å². The van der Waals surface area contributed by atoms with Crippen molar-refractivity contribution in [2.75, 3.05) is 6.54 Å². The molecule has 0 saturated carbocycles. The quantitative estimate of drug-likeness (QED) is 0.801. The molecule has 3 rings (SSSR count). The minimum atomic E-state index is 0.362. The normalized spacial score (nSPS) is 15.1. The predicted octanol–water partition coefficient (Wildman–Crippen LogP) is 4.89. The molecule has 0 bridgehead atoms. The molecule has 0 aliphatic heterocycles. The fourth-order valence-corrected chi connectivity index (χ4v) is 4.61. The van der Waals surface area contributed by atoms with Crippen molar-refractivity contribution in [2.24, 2.45) is 0 Å². The molecule has 1 atom stereocenters. The van der Waals surface area contributed by atoms with Gasteiger partial charge in [0, 0.05) is 9.75 Å². The molecule has 1 N–H and O–H groups in total. The summed E-state index contributed by atoms with van der Waals surface area (Å²) < 4.78 is 0. The molecule has 112 valence electrons. The third kappa shape index (κ3) is 3.22. The van der Waals surface area contributed by atoms with Crippen molar-refractivity contribution in [1.29, 1.82) is 0 Å². The van der Waals surface area contributed by atoms with Crippen LogP contribution in [0.2, 0.25) is 0 Å². The Morgan fingerprint density at radius 3 is 2.62 bits per heavy atom. The van der Waals surface area contributed by atoms with Crippen LogP contribution in [0.5, 0.6) is 0 Å². The number of hydrogen-bond donors (Lipinski definition) is 1. The molecule has 21 heavy (non-hydrogen) atoms. The van der Waals surface area contributed by atoms with Crippen molar-refractivity contribution in [3.8, 4) is 0 Å². The molecule has 1 heterocycles. The van der Waals surface area contributed by atoms with Crippen LogP contribution in [0.15, 0.2) is 30.3 Å². The standard InChI is InChI=1S/C19H25NS/c1-3-6-14-9-11-15(12-10-14)19(20-4-2)18-13-16-7-5-8-17(16)21-18/h9-13,19-20H,3-8H2,1-2H3. The highest BCUT2D eigenvalue weighted by Gasteiger charge is 2.20. The van der Waals surface area contributed by atoms with Gasteiger partial charge < -0.3 is 5.32 Å². The summed E-state index contributed by atoms with van der Waals surface area (Å²) in [7, 11) is 0. The van der Waals surface area contributed by atoms with Gasteiger partial charge >= 0.3 is 0 Å². The van der Waals surface area contributed by atoms with Crippen LogP contribution in [0.4, 0.5) is 0 Å². The van der Waals surface area contributed by atoms with Crippen LogP contribution >= 0.6 is 11.3 Å². The van der Waals surface area contributed by atoms with Gasteiger partial charge in [-0.15, -0.1) is 11.3 Å². The van der Waals surface area contributed by atoms with E-state index in [0.717, 1.165) is 6.54 Å². The van der Waals surface area contributed by atoms with Crippen molar-refractivity contribution >= 4 is 11.3 Å². The maximum absolute atomic E-state index is 3.67. The van der Waals surface area contributed by atoms with E-state index in [1.807, 2.05) is 11.3 Å². The van der Waals surface area contributed by atoms with Crippen LogP contribution in [0.3, 0.4) is 0 Å². The van der Waals surface area contributed by atoms with Gasteiger partial charge in [0.2, 0.25) is 0 Å². The van der Waals surface area contributed by atoms with E-state index in [2.05, 4.69) is 49.5 Å². The van der Waals surface area contributed by atoms with E-state index in [1.165, 1.54) is 48.1 Å². The van der Waals surface area contributed by atoms with E-state index in [9.17, 15) is 0 Å². The monoisotopic (exact) mass is 299 g/mol. The lowest BCUT2D eigenvalue weighted by Crippen LogP contribution is -2.21. The number of rotatable bonds is 6. The first-order valence-electron chi connectivity index (χ1n) is 8.25.